The molecule has 11 nitrogen and oxygen atoms in total. The number of imide groups is 1. The summed E-state index contributed by atoms with van der Waals surface area (Å²) in [5.41, 5.74) is 4.33. The molecule has 0 aromatic rings. The third-order valence-corrected chi connectivity index (χ3v) is 5.07. The summed E-state index contributed by atoms with van der Waals surface area (Å²) in [5, 5.41) is 7.81. The average molecular weight is 466 g/mol. The molecule has 33 heavy (non-hydrogen) atoms. The third-order valence-electron chi connectivity index (χ3n) is 5.07. The summed E-state index contributed by atoms with van der Waals surface area (Å²) in [4.78, 5) is 73.2. The number of ketones is 1. The normalized spacial score (nSPS) is 15.4. The number of rotatable bonds is 12. The molecule has 0 spiro atoms. The smallest absolute Gasteiger partial charge is 0.312 e. The van der Waals surface area contributed by atoms with Crippen molar-refractivity contribution in [2.75, 3.05) is 13.1 Å². The van der Waals surface area contributed by atoms with Crippen molar-refractivity contribution in [1.82, 2.24) is 20.9 Å². The number of nitrogens with two attached hydrogens (primary N) is 1. The highest BCUT2D eigenvalue weighted by Crippen LogP contribution is 2.19. The molecule has 1 aliphatic rings. The summed E-state index contributed by atoms with van der Waals surface area (Å²) in [7, 11) is 0. The van der Waals surface area contributed by atoms with Crippen molar-refractivity contribution in [3.8, 4) is 0 Å². The van der Waals surface area contributed by atoms with Gasteiger partial charge in [0.2, 0.25) is 11.8 Å². The van der Waals surface area contributed by atoms with E-state index in [2.05, 4.69) is 16.0 Å². The quantitative estimate of drug-likeness (QED) is 0.233. The Morgan fingerprint density at radius 1 is 1.03 bits per heavy atom. The lowest BCUT2D eigenvalue weighted by Gasteiger charge is -2.29. The second-order valence-electron chi connectivity index (χ2n) is 9.31. The highest BCUT2D eigenvalue weighted by Gasteiger charge is 2.33. The van der Waals surface area contributed by atoms with Crippen LogP contribution in [0.2, 0.25) is 0 Å². The summed E-state index contributed by atoms with van der Waals surface area (Å²) in [6.07, 6.45) is 2.82. The summed E-state index contributed by atoms with van der Waals surface area (Å²) in [6, 6.07) is -2.40. The van der Waals surface area contributed by atoms with Crippen LogP contribution in [-0.2, 0) is 24.0 Å². The lowest BCUT2D eigenvalue weighted by Crippen LogP contribution is -2.55. The lowest BCUT2D eigenvalue weighted by atomic mass is 9.84. The minimum absolute atomic E-state index is 0.0963. The predicted molar refractivity (Wildman–Crippen MR) is 120 cm³/mol. The van der Waals surface area contributed by atoms with Gasteiger partial charge in [-0.1, -0.05) is 34.6 Å². The minimum atomic E-state index is -0.917. The molecule has 0 unspecified atom stereocenters. The zero-order chi connectivity index (χ0) is 25.3. The fraction of sp³-hybridized carbons (Fsp3) is 0.636. The number of urea groups is 1. The van der Waals surface area contributed by atoms with Crippen LogP contribution in [0.5, 0.6) is 0 Å². The predicted octanol–water partition coefficient (Wildman–Crippen LogP) is -0.00920. The van der Waals surface area contributed by atoms with Crippen LogP contribution in [-0.4, -0.2) is 65.5 Å². The summed E-state index contributed by atoms with van der Waals surface area (Å²) in [6.45, 7) is 8.89. The Kier molecular flexibility index (Phi) is 10.2. The zero-order valence-electron chi connectivity index (χ0n) is 19.9. The Bertz CT molecular complexity index is 797. The lowest BCUT2D eigenvalue weighted by molar-refractivity contribution is -0.137. The Morgan fingerprint density at radius 2 is 1.61 bits per heavy atom. The molecule has 11 heteroatoms. The maximum absolute atomic E-state index is 13.0. The van der Waals surface area contributed by atoms with Gasteiger partial charge < -0.3 is 21.7 Å². The fourth-order valence-electron chi connectivity index (χ4n) is 3.22. The standard InChI is InChI=1S/C22H35N5O6/c1-13(2)18(26-15(28)10-12-27-16(29)8-9-17(27)30)20(32)25-14(19(31)22(3,4)5)7-6-11-24-21(23)33/h8-9,13-14,18H,6-7,10-12H2,1-5H3,(H,25,32)(H,26,28)(H3,23,24,33)/t14-,18-/m0/s1. The molecular weight excluding hydrogens is 430 g/mol. The summed E-state index contributed by atoms with van der Waals surface area (Å²) >= 11 is 0. The summed E-state index contributed by atoms with van der Waals surface area (Å²) in [5.74, 6) is -2.45. The number of hydrogen-bond acceptors (Lipinski definition) is 6. The summed E-state index contributed by atoms with van der Waals surface area (Å²) < 4.78 is 0. The van der Waals surface area contributed by atoms with E-state index in [1.54, 1.807) is 34.6 Å². The SMILES string of the molecule is CC(C)[C@H](NC(=O)CCN1C(=O)C=CC1=O)C(=O)N[C@@H](CCCNC(N)=O)C(=O)C(C)(C)C. The molecule has 1 aliphatic heterocycles. The first-order valence-electron chi connectivity index (χ1n) is 10.9. The first-order valence-corrected chi connectivity index (χ1v) is 10.9. The van der Waals surface area contributed by atoms with Gasteiger partial charge in [0, 0.05) is 37.1 Å². The van der Waals surface area contributed by atoms with Gasteiger partial charge in [-0.05, 0) is 18.8 Å². The van der Waals surface area contributed by atoms with Gasteiger partial charge in [0.25, 0.3) is 11.8 Å². The maximum atomic E-state index is 13.0. The number of carbonyl (C=O) groups excluding carboxylic acids is 6. The van der Waals surface area contributed by atoms with Gasteiger partial charge in [-0.25, -0.2) is 4.79 Å². The van der Waals surface area contributed by atoms with Crippen LogP contribution < -0.4 is 21.7 Å². The van der Waals surface area contributed by atoms with Gasteiger partial charge in [0.05, 0.1) is 6.04 Å². The Morgan fingerprint density at radius 3 is 2.09 bits per heavy atom. The number of Topliss-reactive ketones (excluding diaryl/α,β-unsaturated/α-hetero) is 1. The van der Waals surface area contributed by atoms with Gasteiger partial charge in [0.15, 0.2) is 5.78 Å². The van der Waals surface area contributed by atoms with E-state index in [1.165, 1.54) is 0 Å². The van der Waals surface area contributed by atoms with Crippen LogP contribution in [0.4, 0.5) is 4.79 Å². The molecule has 0 saturated carbocycles. The van der Waals surface area contributed by atoms with Crippen molar-refractivity contribution in [2.24, 2.45) is 17.1 Å². The van der Waals surface area contributed by atoms with Gasteiger partial charge in [-0.15, -0.1) is 0 Å². The number of carbonyl (C=O) groups is 6. The Balaban J connectivity index is 2.77. The van der Waals surface area contributed by atoms with E-state index in [1.807, 2.05) is 0 Å². The van der Waals surface area contributed by atoms with E-state index in [0.29, 0.717) is 6.42 Å². The van der Waals surface area contributed by atoms with E-state index in [4.69, 9.17) is 5.73 Å². The first kappa shape index (κ1) is 27.8. The zero-order valence-corrected chi connectivity index (χ0v) is 19.9. The van der Waals surface area contributed by atoms with Crippen molar-refractivity contribution in [2.45, 2.75) is 66.0 Å². The van der Waals surface area contributed by atoms with Crippen LogP contribution in [0, 0.1) is 11.3 Å². The second-order valence-corrected chi connectivity index (χ2v) is 9.31. The molecule has 6 amide bonds. The third kappa shape index (κ3) is 9.03. The van der Waals surface area contributed by atoms with E-state index in [-0.39, 0.29) is 37.6 Å². The van der Waals surface area contributed by atoms with Crippen LogP contribution in [0.15, 0.2) is 12.2 Å². The van der Waals surface area contributed by atoms with Crippen molar-refractivity contribution < 1.29 is 28.8 Å². The van der Waals surface area contributed by atoms with E-state index < -0.39 is 47.2 Å². The van der Waals surface area contributed by atoms with Gasteiger partial charge in [0.1, 0.15) is 6.04 Å². The fourth-order valence-corrected chi connectivity index (χ4v) is 3.22. The molecule has 5 N–H and O–H groups in total. The molecule has 1 rings (SSSR count). The number of amides is 6. The monoisotopic (exact) mass is 465 g/mol. The molecule has 0 radical (unpaired) electrons. The number of hydrogen-bond donors (Lipinski definition) is 4. The number of nitrogens with zero attached hydrogens (tertiary/aromatic N) is 1. The van der Waals surface area contributed by atoms with Crippen LogP contribution >= 0.6 is 0 Å². The van der Waals surface area contributed by atoms with E-state index >= 15 is 0 Å². The number of nitrogens with one attached hydrogen (secondary N) is 3. The van der Waals surface area contributed by atoms with Crippen LogP contribution in [0.3, 0.4) is 0 Å². The molecule has 0 bridgehead atoms. The molecule has 0 aromatic heterocycles. The van der Waals surface area contributed by atoms with Crippen LogP contribution in [0.1, 0.15) is 53.9 Å². The molecule has 1 heterocycles. The molecular formula is C22H35N5O6. The molecule has 0 aliphatic carbocycles. The first-order chi connectivity index (χ1) is 15.2. The molecule has 0 fully saturated rings. The number of primary amides is 1. The van der Waals surface area contributed by atoms with Gasteiger partial charge in [-0.2, -0.15) is 0 Å². The average Bonchev–Trinajstić information content (AvgIpc) is 3.02. The second kappa shape index (κ2) is 12.1. The Hall–Kier alpha value is -3.24. The van der Waals surface area contributed by atoms with Crippen molar-refractivity contribution in [1.29, 1.82) is 0 Å². The maximum Gasteiger partial charge on any atom is 0.312 e. The minimum Gasteiger partial charge on any atom is -0.352 e. The molecule has 2 atom stereocenters. The van der Waals surface area contributed by atoms with Crippen LogP contribution in [0.25, 0.3) is 0 Å². The van der Waals surface area contributed by atoms with Crippen molar-refractivity contribution >= 4 is 35.4 Å². The molecule has 0 aromatic carbocycles. The van der Waals surface area contributed by atoms with E-state index in [0.717, 1.165) is 17.1 Å². The van der Waals surface area contributed by atoms with Crippen molar-refractivity contribution in [3.05, 3.63) is 12.2 Å². The largest absolute Gasteiger partial charge is 0.352 e. The van der Waals surface area contributed by atoms with Gasteiger partial charge in [-0.3, -0.25) is 28.9 Å². The molecule has 0 saturated heterocycles. The highest BCUT2D eigenvalue weighted by molar-refractivity contribution is 6.13. The van der Waals surface area contributed by atoms with E-state index in [9.17, 15) is 28.8 Å². The van der Waals surface area contributed by atoms with Gasteiger partial charge >= 0.3 is 6.03 Å². The highest BCUT2D eigenvalue weighted by atomic mass is 16.2. The Labute approximate surface area is 193 Å². The molecule has 184 valence electrons. The topological polar surface area (TPSA) is 168 Å². The van der Waals surface area contributed by atoms with Crippen molar-refractivity contribution in [3.63, 3.8) is 0 Å².